The van der Waals surface area contributed by atoms with Crippen LogP contribution in [0.5, 0.6) is 5.88 Å². The molecule has 0 atom stereocenters. The Morgan fingerprint density at radius 2 is 2.26 bits per heavy atom. The van der Waals surface area contributed by atoms with Gasteiger partial charge in [-0.25, -0.2) is 9.36 Å². The molecule has 9 heteroatoms. The number of aryl methyl sites for hydroxylation is 2. The number of methoxy groups -OCH3 is 1. The highest BCUT2D eigenvalue weighted by atomic mass is 16.6. The highest BCUT2D eigenvalue weighted by molar-refractivity contribution is 5.51. The molecule has 0 aromatic carbocycles. The third kappa shape index (κ3) is 2.09. The Morgan fingerprint density at radius 1 is 1.58 bits per heavy atom. The van der Waals surface area contributed by atoms with E-state index in [9.17, 15) is 10.1 Å². The summed E-state index contributed by atoms with van der Waals surface area (Å²) in [6.45, 7) is 2.09. The number of hydrogen-bond donors (Lipinski definition) is 1. The van der Waals surface area contributed by atoms with Gasteiger partial charge in [0.1, 0.15) is 6.20 Å². The molecule has 0 saturated heterocycles. The Bertz CT molecular complexity index is 629. The van der Waals surface area contributed by atoms with Crippen LogP contribution in [0.25, 0.3) is 0 Å². The summed E-state index contributed by atoms with van der Waals surface area (Å²) in [6.07, 6.45) is 1.13. The van der Waals surface area contributed by atoms with Crippen LogP contribution < -0.4 is 10.5 Å². The van der Waals surface area contributed by atoms with E-state index in [4.69, 9.17) is 10.5 Å². The molecule has 0 aliphatic heterocycles. The molecule has 0 radical (unpaired) electrons. The maximum Gasteiger partial charge on any atom is 0.330 e. The molecule has 0 aliphatic carbocycles. The first kappa shape index (κ1) is 12.9. The van der Waals surface area contributed by atoms with Crippen molar-refractivity contribution < 1.29 is 9.66 Å². The third-order valence-corrected chi connectivity index (χ3v) is 2.85. The Labute approximate surface area is 108 Å². The molecule has 19 heavy (non-hydrogen) atoms. The molecule has 102 valence electrons. The van der Waals surface area contributed by atoms with E-state index in [0.29, 0.717) is 5.88 Å². The SMILES string of the molecule is COc1c(Cn2ncc([N+](=O)[O-])c2N)c(C)nn1C. The molecule has 0 saturated carbocycles. The molecule has 0 spiro atoms. The standard InChI is InChI=1S/C10H14N6O3/c1-6-7(10(19-3)14(2)13-6)5-15-9(11)8(4-12-15)16(17)18/h4H,5,11H2,1-3H3. The van der Waals surface area contributed by atoms with Crippen LogP contribution in [0.1, 0.15) is 11.3 Å². The topological polar surface area (TPSA) is 114 Å². The smallest absolute Gasteiger partial charge is 0.330 e. The van der Waals surface area contributed by atoms with Gasteiger partial charge in [0.25, 0.3) is 0 Å². The van der Waals surface area contributed by atoms with Crippen molar-refractivity contribution in [3.63, 3.8) is 0 Å². The molecule has 2 heterocycles. The average molecular weight is 266 g/mol. The van der Waals surface area contributed by atoms with Crippen molar-refractivity contribution in [2.75, 3.05) is 12.8 Å². The van der Waals surface area contributed by atoms with Crippen LogP contribution in [-0.4, -0.2) is 31.6 Å². The molecule has 2 N–H and O–H groups in total. The minimum absolute atomic E-state index is 0.00954. The summed E-state index contributed by atoms with van der Waals surface area (Å²) in [5.74, 6) is 0.588. The van der Waals surface area contributed by atoms with Gasteiger partial charge in [0.2, 0.25) is 11.7 Å². The molecule has 2 rings (SSSR count). The van der Waals surface area contributed by atoms with E-state index in [2.05, 4.69) is 10.2 Å². The van der Waals surface area contributed by atoms with Gasteiger partial charge >= 0.3 is 5.69 Å². The second kappa shape index (κ2) is 4.59. The number of nitrogens with zero attached hydrogens (tertiary/aromatic N) is 5. The summed E-state index contributed by atoms with van der Waals surface area (Å²) in [6, 6.07) is 0. The van der Waals surface area contributed by atoms with E-state index in [1.54, 1.807) is 11.7 Å². The number of ether oxygens (including phenoxy) is 1. The molecular weight excluding hydrogens is 252 g/mol. The van der Waals surface area contributed by atoms with Gasteiger partial charge in [-0.1, -0.05) is 0 Å². The van der Waals surface area contributed by atoms with E-state index in [1.807, 2.05) is 6.92 Å². The lowest BCUT2D eigenvalue weighted by Gasteiger charge is -2.06. The Balaban J connectivity index is 2.39. The van der Waals surface area contributed by atoms with Crippen LogP contribution in [0.15, 0.2) is 6.20 Å². The molecule has 0 bridgehead atoms. The van der Waals surface area contributed by atoms with Gasteiger partial charge in [0.15, 0.2) is 0 Å². The van der Waals surface area contributed by atoms with Crippen LogP contribution in [0.3, 0.4) is 0 Å². The zero-order chi connectivity index (χ0) is 14.2. The van der Waals surface area contributed by atoms with E-state index < -0.39 is 4.92 Å². The zero-order valence-electron chi connectivity index (χ0n) is 10.8. The van der Waals surface area contributed by atoms with Gasteiger partial charge in [-0.05, 0) is 6.92 Å². The lowest BCUT2D eigenvalue weighted by atomic mass is 10.2. The maximum atomic E-state index is 10.7. The highest BCUT2D eigenvalue weighted by Crippen LogP contribution is 2.25. The molecule has 0 aliphatic rings. The van der Waals surface area contributed by atoms with Gasteiger partial charge in [-0.2, -0.15) is 10.2 Å². The van der Waals surface area contributed by atoms with E-state index in [1.165, 1.54) is 11.8 Å². The van der Waals surface area contributed by atoms with Crippen LogP contribution in [0.4, 0.5) is 11.5 Å². The molecule has 0 unspecified atom stereocenters. The van der Waals surface area contributed by atoms with Gasteiger partial charge in [0, 0.05) is 7.05 Å². The molecular formula is C10H14N6O3. The van der Waals surface area contributed by atoms with Gasteiger partial charge < -0.3 is 10.5 Å². The predicted molar refractivity (Wildman–Crippen MR) is 66.9 cm³/mol. The normalized spacial score (nSPS) is 10.7. The van der Waals surface area contributed by atoms with Crippen molar-refractivity contribution in [3.05, 3.63) is 27.6 Å². The monoisotopic (exact) mass is 266 g/mol. The number of anilines is 1. The number of nitro groups is 1. The van der Waals surface area contributed by atoms with Crippen LogP contribution in [-0.2, 0) is 13.6 Å². The summed E-state index contributed by atoms with van der Waals surface area (Å²) in [5, 5.41) is 18.9. The summed E-state index contributed by atoms with van der Waals surface area (Å²) < 4.78 is 8.20. The molecule has 2 aromatic rings. The van der Waals surface area contributed by atoms with Crippen LogP contribution in [0.2, 0.25) is 0 Å². The van der Waals surface area contributed by atoms with E-state index >= 15 is 0 Å². The summed E-state index contributed by atoms with van der Waals surface area (Å²) in [4.78, 5) is 10.1. The fourth-order valence-corrected chi connectivity index (χ4v) is 1.92. The Morgan fingerprint density at radius 3 is 2.79 bits per heavy atom. The lowest BCUT2D eigenvalue weighted by molar-refractivity contribution is -0.384. The van der Waals surface area contributed by atoms with Crippen molar-refractivity contribution in [2.24, 2.45) is 7.05 Å². The van der Waals surface area contributed by atoms with Gasteiger partial charge in [-0.3, -0.25) is 10.1 Å². The summed E-state index contributed by atoms with van der Waals surface area (Å²) in [5.41, 5.74) is 7.03. The first-order chi connectivity index (χ1) is 8.95. The number of nitrogen functional groups attached to an aromatic ring is 1. The predicted octanol–water partition coefficient (Wildman–Crippen LogP) is 0.472. The lowest BCUT2D eigenvalue weighted by Crippen LogP contribution is -2.08. The largest absolute Gasteiger partial charge is 0.481 e. The second-order valence-electron chi connectivity index (χ2n) is 4.03. The fourth-order valence-electron chi connectivity index (χ4n) is 1.92. The van der Waals surface area contributed by atoms with Crippen molar-refractivity contribution in [3.8, 4) is 5.88 Å². The molecule has 9 nitrogen and oxygen atoms in total. The average Bonchev–Trinajstić information content (AvgIpc) is 2.82. The van der Waals surface area contributed by atoms with Crippen molar-refractivity contribution >= 4 is 11.5 Å². The number of nitrogens with two attached hydrogens (primary N) is 1. The third-order valence-electron chi connectivity index (χ3n) is 2.85. The maximum absolute atomic E-state index is 10.7. The minimum atomic E-state index is -0.563. The summed E-state index contributed by atoms with van der Waals surface area (Å²) in [7, 11) is 3.29. The number of aromatic nitrogens is 4. The quantitative estimate of drug-likeness (QED) is 0.635. The minimum Gasteiger partial charge on any atom is -0.481 e. The van der Waals surface area contributed by atoms with E-state index in [-0.39, 0.29) is 18.1 Å². The molecule has 0 fully saturated rings. The van der Waals surface area contributed by atoms with Crippen LogP contribution in [0, 0.1) is 17.0 Å². The van der Waals surface area contributed by atoms with Crippen LogP contribution >= 0.6 is 0 Å². The Hall–Kier alpha value is -2.58. The van der Waals surface area contributed by atoms with Gasteiger partial charge in [-0.15, -0.1) is 0 Å². The van der Waals surface area contributed by atoms with Gasteiger partial charge in [0.05, 0.1) is 29.8 Å². The molecule has 2 aromatic heterocycles. The van der Waals surface area contributed by atoms with E-state index in [0.717, 1.165) is 17.5 Å². The van der Waals surface area contributed by atoms with Crippen molar-refractivity contribution in [1.82, 2.24) is 19.6 Å². The van der Waals surface area contributed by atoms with Crippen molar-refractivity contribution in [1.29, 1.82) is 0 Å². The summed E-state index contributed by atoms with van der Waals surface area (Å²) >= 11 is 0. The highest BCUT2D eigenvalue weighted by Gasteiger charge is 2.21. The zero-order valence-corrected chi connectivity index (χ0v) is 10.8. The number of hydrogen-bond acceptors (Lipinski definition) is 6. The fraction of sp³-hybridized carbons (Fsp3) is 0.400. The first-order valence-corrected chi connectivity index (χ1v) is 5.47. The molecule has 0 amide bonds. The number of rotatable bonds is 4. The van der Waals surface area contributed by atoms with Crippen molar-refractivity contribution in [2.45, 2.75) is 13.5 Å². The second-order valence-corrected chi connectivity index (χ2v) is 4.03. The first-order valence-electron chi connectivity index (χ1n) is 5.47. The Kier molecular flexibility index (Phi) is 3.11.